The molecule has 0 aliphatic carbocycles. The van der Waals surface area contributed by atoms with Crippen molar-refractivity contribution in [2.75, 3.05) is 17.6 Å². The number of aromatic nitrogens is 1. The Labute approximate surface area is 101 Å². The Morgan fingerprint density at radius 2 is 2.29 bits per heavy atom. The normalized spacial score (nSPS) is 10.5. The highest BCUT2D eigenvalue weighted by molar-refractivity contribution is 5.89. The SMILES string of the molecule is CC(C)CCCNc1ncc(C(=O)O)cc1N. The van der Waals surface area contributed by atoms with Gasteiger partial charge in [-0.05, 0) is 24.8 Å². The molecule has 0 bridgehead atoms. The molecule has 4 N–H and O–H groups in total. The van der Waals surface area contributed by atoms with Crippen molar-refractivity contribution in [1.82, 2.24) is 4.98 Å². The van der Waals surface area contributed by atoms with Crippen molar-refractivity contribution in [2.24, 2.45) is 5.92 Å². The van der Waals surface area contributed by atoms with Gasteiger partial charge in [0.05, 0.1) is 11.3 Å². The van der Waals surface area contributed by atoms with E-state index in [1.807, 2.05) is 0 Å². The number of rotatable bonds is 6. The minimum atomic E-state index is -1.02. The average molecular weight is 237 g/mol. The lowest BCUT2D eigenvalue weighted by atomic mass is 10.1. The summed E-state index contributed by atoms with van der Waals surface area (Å²) in [4.78, 5) is 14.7. The molecule has 0 fully saturated rings. The van der Waals surface area contributed by atoms with Gasteiger partial charge in [-0.2, -0.15) is 0 Å². The summed E-state index contributed by atoms with van der Waals surface area (Å²) in [6, 6.07) is 1.42. The van der Waals surface area contributed by atoms with Crippen molar-refractivity contribution in [3.63, 3.8) is 0 Å². The van der Waals surface area contributed by atoms with Crippen LogP contribution >= 0.6 is 0 Å². The number of nitrogen functional groups attached to an aromatic ring is 1. The van der Waals surface area contributed by atoms with Crippen molar-refractivity contribution in [1.29, 1.82) is 0 Å². The molecular weight excluding hydrogens is 218 g/mol. The lowest BCUT2D eigenvalue weighted by Crippen LogP contribution is -2.08. The quantitative estimate of drug-likeness (QED) is 0.660. The number of nitrogens with one attached hydrogen (secondary N) is 1. The fourth-order valence-corrected chi connectivity index (χ4v) is 1.46. The third-order valence-electron chi connectivity index (χ3n) is 2.41. The Morgan fingerprint density at radius 3 is 2.82 bits per heavy atom. The standard InChI is InChI=1S/C12H19N3O2/c1-8(2)4-3-5-14-11-10(13)6-9(7-15-11)12(16)17/h6-8H,3-5,13H2,1-2H3,(H,14,15)(H,16,17). The second-order valence-corrected chi connectivity index (χ2v) is 4.43. The summed E-state index contributed by atoms with van der Waals surface area (Å²) in [6.45, 7) is 5.14. The number of carboxylic acids is 1. The highest BCUT2D eigenvalue weighted by Crippen LogP contribution is 2.16. The summed E-state index contributed by atoms with van der Waals surface area (Å²) in [5, 5.41) is 11.9. The molecule has 0 aliphatic heterocycles. The van der Waals surface area contributed by atoms with Crippen LogP contribution in [0.4, 0.5) is 11.5 Å². The summed E-state index contributed by atoms with van der Waals surface area (Å²) < 4.78 is 0. The van der Waals surface area contributed by atoms with Gasteiger partial charge >= 0.3 is 5.97 Å². The molecule has 0 amide bonds. The van der Waals surface area contributed by atoms with Gasteiger partial charge in [0.1, 0.15) is 5.82 Å². The lowest BCUT2D eigenvalue weighted by Gasteiger charge is -2.09. The number of hydrogen-bond acceptors (Lipinski definition) is 4. The first kappa shape index (κ1) is 13.3. The van der Waals surface area contributed by atoms with Crippen LogP contribution in [-0.2, 0) is 0 Å². The first-order chi connectivity index (χ1) is 8.00. The van der Waals surface area contributed by atoms with Crippen molar-refractivity contribution >= 4 is 17.5 Å². The summed E-state index contributed by atoms with van der Waals surface area (Å²) >= 11 is 0. The van der Waals surface area contributed by atoms with Crippen LogP contribution in [0.3, 0.4) is 0 Å². The van der Waals surface area contributed by atoms with Gasteiger partial charge in [0, 0.05) is 12.7 Å². The molecule has 1 rings (SSSR count). The van der Waals surface area contributed by atoms with Gasteiger partial charge in [0.25, 0.3) is 0 Å². The largest absolute Gasteiger partial charge is 0.478 e. The van der Waals surface area contributed by atoms with Crippen molar-refractivity contribution in [3.8, 4) is 0 Å². The summed E-state index contributed by atoms with van der Waals surface area (Å²) in [5.41, 5.74) is 6.19. The number of nitrogens with zero attached hydrogens (tertiary/aromatic N) is 1. The van der Waals surface area contributed by atoms with E-state index in [0.29, 0.717) is 17.4 Å². The van der Waals surface area contributed by atoms with E-state index in [-0.39, 0.29) is 5.56 Å². The summed E-state index contributed by atoms with van der Waals surface area (Å²) in [7, 11) is 0. The van der Waals surface area contributed by atoms with Gasteiger partial charge in [0.15, 0.2) is 0 Å². The molecule has 5 nitrogen and oxygen atoms in total. The van der Waals surface area contributed by atoms with E-state index < -0.39 is 5.97 Å². The average Bonchev–Trinajstić information content (AvgIpc) is 2.25. The molecule has 5 heteroatoms. The number of aromatic carboxylic acids is 1. The molecule has 1 aromatic rings. The highest BCUT2D eigenvalue weighted by Gasteiger charge is 2.07. The van der Waals surface area contributed by atoms with Crippen LogP contribution in [0.5, 0.6) is 0 Å². The number of carboxylic acid groups (broad SMARTS) is 1. The number of pyridine rings is 1. The molecule has 0 aliphatic rings. The van der Waals surface area contributed by atoms with E-state index in [0.717, 1.165) is 19.4 Å². The van der Waals surface area contributed by atoms with Gasteiger partial charge in [0.2, 0.25) is 0 Å². The first-order valence-corrected chi connectivity index (χ1v) is 5.73. The number of anilines is 2. The van der Waals surface area contributed by atoms with E-state index in [4.69, 9.17) is 10.8 Å². The molecule has 94 valence electrons. The predicted molar refractivity (Wildman–Crippen MR) is 68.2 cm³/mol. The first-order valence-electron chi connectivity index (χ1n) is 5.73. The van der Waals surface area contributed by atoms with Crippen LogP contribution in [0.15, 0.2) is 12.3 Å². The minimum absolute atomic E-state index is 0.107. The number of nitrogens with two attached hydrogens (primary N) is 1. The molecule has 0 spiro atoms. The lowest BCUT2D eigenvalue weighted by molar-refractivity contribution is 0.0696. The fourth-order valence-electron chi connectivity index (χ4n) is 1.46. The van der Waals surface area contributed by atoms with E-state index in [1.165, 1.54) is 12.3 Å². The van der Waals surface area contributed by atoms with Crippen LogP contribution in [0.2, 0.25) is 0 Å². The van der Waals surface area contributed by atoms with E-state index in [9.17, 15) is 4.79 Å². The van der Waals surface area contributed by atoms with Gasteiger partial charge in [-0.25, -0.2) is 9.78 Å². The van der Waals surface area contributed by atoms with Crippen LogP contribution in [-0.4, -0.2) is 22.6 Å². The smallest absolute Gasteiger partial charge is 0.337 e. The Hall–Kier alpha value is -1.78. The van der Waals surface area contributed by atoms with Crippen LogP contribution in [0.25, 0.3) is 0 Å². The molecule has 0 saturated carbocycles. The zero-order valence-corrected chi connectivity index (χ0v) is 10.2. The highest BCUT2D eigenvalue weighted by atomic mass is 16.4. The number of carbonyl (C=O) groups is 1. The van der Waals surface area contributed by atoms with Crippen LogP contribution < -0.4 is 11.1 Å². The van der Waals surface area contributed by atoms with Crippen LogP contribution in [0.1, 0.15) is 37.0 Å². The molecular formula is C12H19N3O2. The van der Waals surface area contributed by atoms with Crippen LogP contribution in [0, 0.1) is 5.92 Å². The Morgan fingerprint density at radius 1 is 1.59 bits per heavy atom. The fraction of sp³-hybridized carbons (Fsp3) is 0.500. The van der Waals surface area contributed by atoms with Crippen molar-refractivity contribution < 1.29 is 9.90 Å². The zero-order valence-electron chi connectivity index (χ0n) is 10.2. The maximum absolute atomic E-state index is 10.7. The van der Waals surface area contributed by atoms with Gasteiger partial charge in [-0.3, -0.25) is 0 Å². The van der Waals surface area contributed by atoms with E-state index in [1.54, 1.807) is 0 Å². The molecule has 17 heavy (non-hydrogen) atoms. The molecule has 0 atom stereocenters. The molecule has 1 aromatic heterocycles. The third-order valence-corrected chi connectivity index (χ3v) is 2.41. The van der Waals surface area contributed by atoms with Gasteiger partial charge in [-0.15, -0.1) is 0 Å². The number of hydrogen-bond donors (Lipinski definition) is 3. The maximum atomic E-state index is 10.7. The summed E-state index contributed by atoms with van der Waals surface area (Å²) in [5.74, 6) is 0.214. The Kier molecular flexibility index (Phi) is 4.75. The monoisotopic (exact) mass is 237 g/mol. The second-order valence-electron chi connectivity index (χ2n) is 4.43. The Bertz CT molecular complexity index is 391. The van der Waals surface area contributed by atoms with Gasteiger partial charge < -0.3 is 16.2 Å². The molecule has 1 heterocycles. The maximum Gasteiger partial charge on any atom is 0.337 e. The molecule has 0 unspecified atom stereocenters. The van der Waals surface area contributed by atoms with Crippen molar-refractivity contribution in [2.45, 2.75) is 26.7 Å². The van der Waals surface area contributed by atoms with Crippen molar-refractivity contribution in [3.05, 3.63) is 17.8 Å². The second kappa shape index (κ2) is 6.08. The third kappa shape index (κ3) is 4.30. The van der Waals surface area contributed by atoms with E-state index in [2.05, 4.69) is 24.1 Å². The topological polar surface area (TPSA) is 88.2 Å². The molecule has 0 radical (unpaired) electrons. The molecule has 0 saturated heterocycles. The Balaban J connectivity index is 2.52. The predicted octanol–water partition coefficient (Wildman–Crippen LogP) is 2.21. The minimum Gasteiger partial charge on any atom is -0.478 e. The van der Waals surface area contributed by atoms with E-state index >= 15 is 0 Å². The zero-order chi connectivity index (χ0) is 12.8. The van der Waals surface area contributed by atoms with Gasteiger partial charge in [-0.1, -0.05) is 13.8 Å². The molecule has 0 aromatic carbocycles. The summed E-state index contributed by atoms with van der Waals surface area (Å²) in [6.07, 6.45) is 3.49.